The maximum absolute atomic E-state index is 11.1. The maximum atomic E-state index is 11.1. The minimum atomic E-state index is -0.387. The molecule has 144 valence electrons. The zero-order chi connectivity index (χ0) is 20.3. The Hall–Kier alpha value is -3.54. The molecule has 0 fully saturated rings. The fourth-order valence-corrected chi connectivity index (χ4v) is 3.24. The fourth-order valence-electron chi connectivity index (χ4n) is 3.24. The second kappa shape index (κ2) is 8.00. The molecular weight excluding hydrogens is 356 g/mol. The van der Waals surface area contributed by atoms with Crippen LogP contribution in [0.5, 0.6) is 11.5 Å². The first-order valence-corrected chi connectivity index (χ1v) is 8.76. The van der Waals surface area contributed by atoms with Gasteiger partial charge in [0.25, 0.3) is 5.69 Å². The first-order valence-electron chi connectivity index (χ1n) is 8.76. The van der Waals surface area contributed by atoms with E-state index in [2.05, 4.69) is 0 Å². The molecule has 6 heteroatoms. The van der Waals surface area contributed by atoms with Crippen LogP contribution in [0.2, 0.25) is 0 Å². The molecule has 0 aliphatic carbocycles. The molecule has 0 aromatic heterocycles. The number of aryl methyl sites for hydroxylation is 1. The smallest absolute Gasteiger partial charge is 0.269 e. The third kappa shape index (κ3) is 3.62. The fraction of sp³-hybridized carbons (Fsp3) is 0.182. The van der Waals surface area contributed by atoms with Gasteiger partial charge in [-0.15, -0.1) is 0 Å². The standard InChI is InChI=1S/C22H22N2O4/c1-15-13-17(24(25)26)11-12-19(15)22-20(9-6-10-21(22)28-4)23(2)16-7-5-8-18(14-16)27-3/h5-14H,1-4H3. The molecule has 3 aromatic carbocycles. The summed E-state index contributed by atoms with van der Waals surface area (Å²) < 4.78 is 11.0. The topological polar surface area (TPSA) is 64.8 Å². The number of nitrogens with zero attached hydrogens (tertiary/aromatic N) is 2. The summed E-state index contributed by atoms with van der Waals surface area (Å²) in [6.45, 7) is 1.87. The van der Waals surface area contributed by atoms with E-state index in [1.165, 1.54) is 6.07 Å². The predicted octanol–water partition coefficient (Wildman–Crippen LogP) is 5.36. The molecule has 0 aliphatic rings. The lowest BCUT2D eigenvalue weighted by Crippen LogP contribution is -2.11. The molecule has 3 rings (SSSR count). The summed E-state index contributed by atoms with van der Waals surface area (Å²) in [6, 6.07) is 18.5. The number of benzene rings is 3. The summed E-state index contributed by atoms with van der Waals surface area (Å²) in [5, 5.41) is 11.1. The zero-order valence-corrected chi connectivity index (χ0v) is 16.3. The van der Waals surface area contributed by atoms with Crippen molar-refractivity contribution >= 4 is 17.1 Å². The van der Waals surface area contributed by atoms with Crippen molar-refractivity contribution in [2.24, 2.45) is 0 Å². The molecule has 0 saturated heterocycles. The van der Waals surface area contributed by atoms with Crippen LogP contribution < -0.4 is 14.4 Å². The Morgan fingerprint density at radius 2 is 1.71 bits per heavy atom. The molecule has 0 saturated carbocycles. The van der Waals surface area contributed by atoms with Gasteiger partial charge in [0, 0.05) is 36.5 Å². The van der Waals surface area contributed by atoms with Gasteiger partial charge in [-0.2, -0.15) is 0 Å². The van der Waals surface area contributed by atoms with Crippen molar-refractivity contribution in [2.75, 3.05) is 26.2 Å². The van der Waals surface area contributed by atoms with Gasteiger partial charge < -0.3 is 14.4 Å². The summed E-state index contributed by atoms with van der Waals surface area (Å²) in [5.74, 6) is 1.46. The number of nitro benzene ring substituents is 1. The molecule has 0 spiro atoms. The Balaban J connectivity index is 2.18. The van der Waals surface area contributed by atoms with Gasteiger partial charge in [0.05, 0.1) is 24.8 Å². The maximum Gasteiger partial charge on any atom is 0.269 e. The quantitative estimate of drug-likeness (QED) is 0.427. The van der Waals surface area contributed by atoms with Crippen LogP contribution in [-0.4, -0.2) is 26.2 Å². The molecule has 0 radical (unpaired) electrons. The number of methoxy groups -OCH3 is 2. The Morgan fingerprint density at radius 3 is 2.36 bits per heavy atom. The highest BCUT2D eigenvalue weighted by atomic mass is 16.6. The van der Waals surface area contributed by atoms with Gasteiger partial charge in [-0.3, -0.25) is 10.1 Å². The van der Waals surface area contributed by atoms with E-state index in [-0.39, 0.29) is 10.6 Å². The molecule has 0 aliphatic heterocycles. The Morgan fingerprint density at radius 1 is 0.964 bits per heavy atom. The molecule has 0 N–H and O–H groups in total. The van der Waals surface area contributed by atoms with Crippen LogP contribution in [0.1, 0.15) is 5.56 Å². The van der Waals surface area contributed by atoms with E-state index in [1.54, 1.807) is 26.4 Å². The average Bonchev–Trinajstić information content (AvgIpc) is 2.72. The van der Waals surface area contributed by atoms with Crippen LogP contribution in [0.3, 0.4) is 0 Å². The highest BCUT2D eigenvalue weighted by Crippen LogP contribution is 2.43. The van der Waals surface area contributed by atoms with Gasteiger partial charge >= 0.3 is 0 Å². The molecular formula is C22H22N2O4. The van der Waals surface area contributed by atoms with Crippen molar-refractivity contribution in [3.8, 4) is 22.6 Å². The van der Waals surface area contributed by atoms with Crippen LogP contribution in [-0.2, 0) is 0 Å². The van der Waals surface area contributed by atoms with E-state index in [4.69, 9.17) is 9.47 Å². The first kappa shape index (κ1) is 19.2. The van der Waals surface area contributed by atoms with Crippen LogP contribution >= 0.6 is 0 Å². The second-order valence-corrected chi connectivity index (χ2v) is 6.37. The van der Waals surface area contributed by atoms with Crippen molar-refractivity contribution in [3.63, 3.8) is 0 Å². The van der Waals surface area contributed by atoms with E-state index < -0.39 is 0 Å². The molecule has 0 atom stereocenters. The minimum Gasteiger partial charge on any atom is -0.497 e. The van der Waals surface area contributed by atoms with Crippen molar-refractivity contribution in [2.45, 2.75) is 6.92 Å². The van der Waals surface area contributed by atoms with Crippen molar-refractivity contribution in [3.05, 3.63) is 76.3 Å². The monoisotopic (exact) mass is 378 g/mol. The van der Waals surface area contributed by atoms with E-state index in [0.29, 0.717) is 5.75 Å². The van der Waals surface area contributed by atoms with E-state index >= 15 is 0 Å². The van der Waals surface area contributed by atoms with E-state index in [1.807, 2.05) is 61.3 Å². The van der Waals surface area contributed by atoms with Crippen LogP contribution in [0, 0.1) is 17.0 Å². The van der Waals surface area contributed by atoms with E-state index in [0.717, 1.165) is 33.8 Å². The van der Waals surface area contributed by atoms with Crippen LogP contribution in [0.15, 0.2) is 60.7 Å². The number of nitro groups is 1. The lowest BCUT2D eigenvalue weighted by molar-refractivity contribution is -0.384. The molecule has 28 heavy (non-hydrogen) atoms. The van der Waals surface area contributed by atoms with Crippen molar-refractivity contribution in [1.29, 1.82) is 0 Å². The second-order valence-electron chi connectivity index (χ2n) is 6.37. The highest BCUT2D eigenvalue weighted by molar-refractivity contribution is 5.88. The third-order valence-electron chi connectivity index (χ3n) is 4.72. The van der Waals surface area contributed by atoms with Gasteiger partial charge in [-0.1, -0.05) is 12.1 Å². The predicted molar refractivity (Wildman–Crippen MR) is 111 cm³/mol. The summed E-state index contributed by atoms with van der Waals surface area (Å²) in [6.07, 6.45) is 0. The lowest BCUT2D eigenvalue weighted by atomic mass is 9.96. The summed E-state index contributed by atoms with van der Waals surface area (Å²) >= 11 is 0. The number of anilines is 2. The van der Waals surface area contributed by atoms with Crippen LogP contribution in [0.4, 0.5) is 17.1 Å². The lowest BCUT2D eigenvalue weighted by Gasteiger charge is -2.25. The molecule has 0 heterocycles. The molecule has 0 amide bonds. The summed E-state index contributed by atoms with van der Waals surface area (Å²) in [4.78, 5) is 12.8. The molecule has 0 bridgehead atoms. The van der Waals surface area contributed by atoms with Crippen LogP contribution in [0.25, 0.3) is 11.1 Å². The Labute approximate surface area is 164 Å². The highest BCUT2D eigenvalue weighted by Gasteiger charge is 2.19. The largest absolute Gasteiger partial charge is 0.497 e. The zero-order valence-electron chi connectivity index (χ0n) is 16.3. The molecule has 6 nitrogen and oxygen atoms in total. The third-order valence-corrected chi connectivity index (χ3v) is 4.72. The number of hydrogen-bond acceptors (Lipinski definition) is 5. The van der Waals surface area contributed by atoms with Gasteiger partial charge in [-0.25, -0.2) is 0 Å². The minimum absolute atomic E-state index is 0.0684. The first-order chi connectivity index (χ1) is 13.5. The SMILES string of the molecule is COc1cccc(N(C)c2cccc(OC)c2-c2ccc([N+](=O)[O-])cc2C)c1. The van der Waals surface area contributed by atoms with Gasteiger partial charge in [0.1, 0.15) is 11.5 Å². The number of non-ortho nitro benzene ring substituents is 1. The van der Waals surface area contributed by atoms with Gasteiger partial charge in [0.2, 0.25) is 0 Å². The van der Waals surface area contributed by atoms with E-state index in [9.17, 15) is 10.1 Å². The Kier molecular flexibility index (Phi) is 5.49. The normalized spacial score (nSPS) is 10.4. The van der Waals surface area contributed by atoms with Gasteiger partial charge in [0.15, 0.2) is 0 Å². The number of hydrogen-bond donors (Lipinski definition) is 0. The number of rotatable bonds is 6. The molecule has 0 unspecified atom stereocenters. The van der Waals surface area contributed by atoms with Crippen molar-refractivity contribution < 1.29 is 14.4 Å². The average molecular weight is 378 g/mol. The molecule has 3 aromatic rings. The summed E-state index contributed by atoms with van der Waals surface area (Å²) in [5.41, 5.74) is 4.51. The number of ether oxygens (including phenoxy) is 2. The van der Waals surface area contributed by atoms with Gasteiger partial charge in [-0.05, 0) is 48.4 Å². The Bertz CT molecular complexity index is 1020. The van der Waals surface area contributed by atoms with Crippen molar-refractivity contribution in [1.82, 2.24) is 0 Å². The summed E-state index contributed by atoms with van der Waals surface area (Å²) in [7, 11) is 5.22.